The highest BCUT2D eigenvalue weighted by atomic mass is 32.1. The molecule has 0 spiro atoms. The van der Waals surface area contributed by atoms with Crippen molar-refractivity contribution in [3.8, 4) is 10.8 Å². The zero-order valence-electron chi connectivity index (χ0n) is 10.5. The quantitative estimate of drug-likeness (QED) is 0.773. The number of hydrogen-bond acceptors (Lipinski definition) is 3. The number of fused-ring (bicyclic) bond motifs is 1. The second-order valence-electron chi connectivity index (χ2n) is 4.87. The number of nitrogens with one attached hydrogen (secondary N) is 1. The Morgan fingerprint density at radius 2 is 2.22 bits per heavy atom. The van der Waals surface area contributed by atoms with Crippen LogP contribution in [0, 0.1) is 5.92 Å². The maximum Gasteiger partial charge on any atom is 0.167 e. The summed E-state index contributed by atoms with van der Waals surface area (Å²) in [6, 6.07) is 6.44. The van der Waals surface area contributed by atoms with Gasteiger partial charge in [-0.1, -0.05) is 19.9 Å². The van der Waals surface area contributed by atoms with Gasteiger partial charge in [-0.25, -0.2) is 9.97 Å². The molecule has 3 rings (SSSR count). The van der Waals surface area contributed by atoms with E-state index in [1.54, 1.807) is 17.5 Å². The summed E-state index contributed by atoms with van der Waals surface area (Å²) in [6.45, 7) is 4.47. The second kappa shape index (κ2) is 4.53. The van der Waals surface area contributed by atoms with Gasteiger partial charge in [-0.05, 0) is 30.0 Å². The van der Waals surface area contributed by atoms with E-state index in [0.29, 0.717) is 5.92 Å². The van der Waals surface area contributed by atoms with Crippen molar-refractivity contribution in [2.75, 3.05) is 0 Å². The average molecular weight is 257 g/mol. The molecule has 0 radical (unpaired) electrons. The molecule has 0 aliphatic heterocycles. The summed E-state index contributed by atoms with van der Waals surface area (Å²) in [6.07, 6.45) is 2.90. The summed E-state index contributed by atoms with van der Waals surface area (Å²) in [4.78, 5) is 12.2. The highest BCUT2D eigenvalue weighted by Crippen LogP contribution is 2.23. The van der Waals surface area contributed by atoms with Crippen LogP contribution < -0.4 is 0 Å². The van der Waals surface area contributed by atoms with Gasteiger partial charge in [0.25, 0.3) is 0 Å². The Morgan fingerprint density at radius 3 is 2.94 bits per heavy atom. The number of imidazole rings is 1. The van der Waals surface area contributed by atoms with Gasteiger partial charge in [-0.2, -0.15) is 0 Å². The minimum atomic E-state index is 0.670. The molecular weight excluding hydrogens is 242 g/mol. The average Bonchev–Trinajstić information content (AvgIpc) is 2.95. The Kier molecular flexibility index (Phi) is 2.88. The summed E-state index contributed by atoms with van der Waals surface area (Å²) in [5.41, 5.74) is 3.46. The van der Waals surface area contributed by atoms with Crippen LogP contribution in [0.2, 0.25) is 0 Å². The number of nitrogens with zero attached hydrogens (tertiary/aromatic N) is 2. The number of thiazole rings is 1. The van der Waals surface area contributed by atoms with Crippen LogP contribution in [0.5, 0.6) is 0 Å². The molecule has 2 aromatic heterocycles. The van der Waals surface area contributed by atoms with Crippen molar-refractivity contribution in [1.29, 1.82) is 0 Å². The zero-order valence-corrected chi connectivity index (χ0v) is 11.3. The topological polar surface area (TPSA) is 41.6 Å². The maximum atomic E-state index is 4.57. The predicted molar refractivity (Wildman–Crippen MR) is 75.7 cm³/mol. The van der Waals surface area contributed by atoms with Crippen molar-refractivity contribution in [1.82, 2.24) is 15.0 Å². The van der Waals surface area contributed by atoms with Gasteiger partial charge in [0.1, 0.15) is 0 Å². The molecule has 4 heteroatoms. The van der Waals surface area contributed by atoms with E-state index in [1.807, 2.05) is 5.38 Å². The highest BCUT2D eigenvalue weighted by molar-refractivity contribution is 7.13. The summed E-state index contributed by atoms with van der Waals surface area (Å²) in [5, 5.41) is 2.91. The SMILES string of the molecule is CC(C)Cc1ccc2nc(-c3nccs3)[nH]c2c1. The second-order valence-corrected chi connectivity index (χ2v) is 5.77. The van der Waals surface area contributed by atoms with Gasteiger partial charge < -0.3 is 4.98 Å². The first-order chi connectivity index (χ1) is 8.72. The number of hydrogen-bond donors (Lipinski definition) is 1. The molecule has 3 nitrogen and oxygen atoms in total. The standard InChI is InChI=1S/C14H15N3S/c1-9(2)7-10-3-4-11-12(8-10)17-13(16-11)14-15-5-6-18-14/h3-6,8-9H,7H2,1-2H3,(H,16,17). The summed E-state index contributed by atoms with van der Waals surface area (Å²) in [7, 11) is 0. The van der Waals surface area contributed by atoms with Crippen molar-refractivity contribution in [3.05, 3.63) is 35.3 Å². The van der Waals surface area contributed by atoms with Crippen LogP contribution in [-0.2, 0) is 6.42 Å². The molecule has 0 aliphatic carbocycles. The fraction of sp³-hybridized carbons (Fsp3) is 0.286. The molecular formula is C14H15N3S. The lowest BCUT2D eigenvalue weighted by atomic mass is 10.0. The van der Waals surface area contributed by atoms with Gasteiger partial charge >= 0.3 is 0 Å². The van der Waals surface area contributed by atoms with Crippen LogP contribution in [-0.4, -0.2) is 15.0 Å². The van der Waals surface area contributed by atoms with Crippen molar-refractivity contribution in [2.24, 2.45) is 5.92 Å². The van der Waals surface area contributed by atoms with Crippen LogP contribution in [0.4, 0.5) is 0 Å². The van der Waals surface area contributed by atoms with E-state index in [1.165, 1.54) is 5.56 Å². The Labute approximate surface area is 110 Å². The third kappa shape index (κ3) is 2.16. The number of rotatable bonds is 3. The number of benzene rings is 1. The van der Waals surface area contributed by atoms with Gasteiger partial charge in [0.15, 0.2) is 10.8 Å². The molecule has 0 atom stereocenters. The minimum absolute atomic E-state index is 0.670. The largest absolute Gasteiger partial charge is 0.336 e. The lowest BCUT2D eigenvalue weighted by Gasteiger charge is -2.03. The van der Waals surface area contributed by atoms with Crippen molar-refractivity contribution < 1.29 is 0 Å². The Bertz CT molecular complexity index is 653. The molecule has 0 amide bonds. The fourth-order valence-electron chi connectivity index (χ4n) is 2.10. The molecule has 0 unspecified atom stereocenters. The van der Waals surface area contributed by atoms with E-state index < -0.39 is 0 Å². The highest BCUT2D eigenvalue weighted by Gasteiger charge is 2.08. The molecule has 0 saturated carbocycles. The molecule has 2 heterocycles. The molecule has 18 heavy (non-hydrogen) atoms. The lowest BCUT2D eigenvalue weighted by molar-refractivity contribution is 0.648. The van der Waals surface area contributed by atoms with E-state index in [2.05, 4.69) is 47.0 Å². The first kappa shape index (κ1) is 11.4. The Hall–Kier alpha value is -1.68. The molecule has 3 aromatic rings. The summed E-state index contributed by atoms with van der Waals surface area (Å²) in [5.74, 6) is 1.53. The lowest BCUT2D eigenvalue weighted by Crippen LogP contribution is -1.93. The smallest absolute Gasteiger partial charge is 0.167 e. The van der Waals surface area contributed by atoms with Crippen LogP contribution >= 0.6 is 11.3 Å². The van der Waals surface area contributed by atoms with E-state index in [4.69, 9.17) is 0 Å². The Balaban J connectivity index is 2.02. The fourth-order valence-corrected chi connectivity index (χ4v) is 2.68. The van der Waals surface area contributed by atoms with Crippen molar-refractivity contribution in [2.45, 2.75) is 20.3 Å². The summed E-state index contributed by atoms with van der Waals surface area (Å²) >= 11 is 1.60. The van der Waals surface area contributed by atoms with Crippen molar-refractivity contribution >= 4 is 22.4 Å². The van der Waals surface area contributed by atoms with Crippen LogP contribution in [0.3, 0.4) is 0 Å². The van der Waals surface area contributed by atoms with Gasteiger partial charge in [-0.15, -0.1) is 11.3 Å². The van der Waals surface area contributed by atoms with Crippen LogP contribution in [0.25, 0.3) is 21.9 Å². The molecule has 0 aliphatic rings. The summed E-state index contributed by atoms with van der Waals surface area (Å²) < 4.78 is 0. The van der Waals surface area contributed by atoms with Gasteiger partial charge in [0.05, 0.1) is 11.0 Å². The number of H-pyrrole nitrogens is 1. The van der Waals surface area contributed by atoms with Gasteiger partial charge in [-0.3, -0.25) is 0 Å². The first-order valence-electron chi connectivity index (χ1n) is 6.11. The first-order valence-corrected chi connectivity index (χ1v) is 6.99. The van der Waals surface area contributed by atoms with Crippen LogP contribution in [0.15, 0.2) is 29.8 Å². The monoisotopic (exact) mass is 257 g/mol. The number of aromatic amines is 1. The third-order valence-corrected chi connectivity index (χ3v) is 3.60. The molecule has 1 N–H and O–H groups in total. The number of aromatic nitrogens is 3. The van der Waals surface area contributed by atoms with E-state index in [9.17, 15) is 0 Å². The van der Waals surface area contributed by atoms with E-state index in [-0.39, 0.29) is 0 Å². The Morgan fingerprint density at radius 1 is 1.33 bits per heavy atom. The molecule has 0 fully saturated rings. The molecule has 92 valence electrons. The third-order valence-electron chi connectivity index (χ3n) is 2.83. The van der Waals surface area contributed by atoms with Gasteiger partial charge in [0, 0.05) is 11.6 Å². The molecule has 0 saturated heterocycles. The van der Waals surface area contributed by atoms with E-state index >= 15 is 0 Å². The zero-order chi connectivity index (χ0) is 12.5. The molecule has 1 aromatic carbocycles. The van der Waals surface area contributed by atoms with Crippen LogP contribution in [0.1, 0.15) is 19.4 Å². The maximum absolute atomic E-state index is 4.57. The molecule has 0 bridgehead atoms. The minimum Gasteiger partial charge on any atom is -0.336 e. The predicted octanol–water partition coefficient (Wildman–Crippen LogP) is 3.88. The van der Waals surface area contributed by atoms with E-state index in [0.717, 1.165) is 28.3 Å². The van der Waals surface area contributed by atoms with Crippen molar-refractivity contribution in [3.63, 3.8) is 0 Å². The normalized spacial score (nSPS) is 11.5. The van der Waals surface area contributed by atoms with Gasteiger partial charge in [0.2, 0.25) is 0 Å².